The highest BCUT2D eigenvalue weighted by molar-refractivity contribution is 5.78. The normalized spacial score (nSPS) is 31.2. The molecule has 4 nitrogen and oxygen atoms in total. The number of carbonyl (C=O) groups is 1. The molecule has 0 bridgehead atoms. The summed E-state index contributed by atoms with van der Waals surface area (Å²) >= 11 is 0. The second-order valence-electron chi connectivity index (χ2n) is 12.3. The van der Waals surface area contributed by atoms with Crippen LogP contribution < -0.4 is 0 Å². The molecule has 1 N–H and O–H groups in total. The van der Waals surface area contributed by atoms with Gasteiger partial charge in [-0.2, -0.15) is 0 Å². The van der Waals surface area contributed by atoms with Crippen LogP contribution in [0, 0.1) is 17.3 Å². The first-order valence-electron chi connectivity index (χ1n) is 14.3. The van der Waals surface area contributed by atoms with E-state index in [0.29, 0.717) is 11.8 Å². The van der Waals surface area contributed by atoms with Gasteiger partial charge in [-0.05, 0) is 56.0 Å². The van der Waals surface area contributed by atoms with E-state index in [9.17, 15) is 9.90 Å². The SMILES string of the molecule is C[C@H](CC1CCCCC1)C(=O)N1CCC(O)(CN2CC[C@@H](c3ccccc3)C2)C2(CCCC2)C1. The number of nitrogens with zero attached hydrogens (tertiary/aromatic N) is 2. The van der Waals surface area contributed by atoms with Crippen LogP contribution in [-0.4, -0.2) is 59.1 Å². The summed E-state index contributed by atoms with van der Waals surface area (Å²) in [7, 11) is 0. The fourth-order valence-electron chi connectivity index (χ4n) is 7.97. The van der Waals surface area contributed by atoms with E-state index in [2.05, 4.69) is 47.1 Å². The largest absolute Gasteiger partial charge is 0.388 e. The molecule has 0 aromatic heterocycles. The van der Waals surface area contributed by atoms with Crippen molar-refractivity contribution in [1.82, 2.24) is 9.80 Å². The van der Waals surface area contributed by atoms with E-state index in [1.807, 2.05) is 0 Å². The predicted octanol–water partition coefficient (Wildman–Crippen LogP) is 5.61. The van der Waals surface area contributed by atoms with E-state index in [1.54, 1.807) is 0 Å². The van der Waals surface area contributed by atoms with Gasteiger partial charge < -0.3 is 10.0 Å². The lowest BCUT2D eigenvalue weighted by atomic mass is 9.65. The van der Waals surface area contributed by atoms with Crippen LogP contribution >= 0.6 is 0 Å². The van der Waals surface area contributed by atoms with Crippen LogP contribution in [0.3, 0.4) is 0 Å². The third-order valence-corrected chi connectivity index (χ3v) is 10.0. The minimum absolute atomic E-state index is 0.115. The summed E-state index contributed by atoms with van der Waals surface area (Å²) in [6.07, 6.45) is 14.2. The minimum Gasteiger partial charge on any atom is -0.388 e. The van der Waals surface area contributed by atoms with Gasteiger partial charge in [0.05, 0.1) is 5.60 Å². The Morgan fingerprint density at radius 3 is 2.47 bits per heavy atom. The van der Waals surface area contributed by atoms with Gasteiger partial charge in [0, 0.05) is 37.5 Å². The zero-order chi connectivity index (χ0) is 23.6. The van der Waals surface area contributed by atoms with Crippen LogP contribution in [0.4, 0.5) is 0 Å². The lowest BCUT2D eigenvalue weighted by Crippen LogP contribution is -2.64. The number of rotatable bonds is 6. The van der Waals surface area contributed by atoms with Gasteiger partial charge in [0.2, 0.25) is 5.91 Å². The zero-order valence-electron chi connectivity index (χ0n) is 21.4. The molecule has 188 valence electrons. The summed E-state index contributed by atoms with van der Waals surface area (Å²) in [4.78, 5) is 18.2. The molecule has 2 heterocycles. The number of benzene rings is 1. The van der Waals surface area contributed by atoms with Crippen molar-refractivity contribution in [2.45, 2.75) is 95.5 Å². The van der Waals surface area contributed by atoms with E-state index in [-0.39, 0.29) is 11.3 Å². The number of aliphatic hydroxyl groups is 1. The van der Waals surface area contributed by atoms with Crippen molar-refractivity contribution in [3.8, 4) is 0 Å². The van der Waals surface area contributed by atoms with E-state index in [0.717, 1.165) is 64.3 Å². The molecule has 2 aliphatic heterocycles. The zero-order valence-corrected chi connectivity index (χ0v) is 21.4. The minimum atomic E-state index is -0.668. The van der Waals surface area contributed by atoms with Crippen LogP contribution in [0.25, 0.3) is 0 Å². The first kappa shape index (κ1) is 24.3. The van der Waals surface area contributed by atoms with E-state index >= 15 is 0 Å². The highest BCUT2D eigenvalue weighted by atomic mass is 16.3. The highest BCUT2D eigenvalue weighted by Gasteiger charge is 2.56. The second-order valence-corrected chi connectivity index (χ2v) is 12.3. The lowest BCUT2D eigenvalue weighted by molar-refractivity contribution is -0.164. The van der Waals surface area contributed by atoms with Crippen molar-refractivity contribution in [2.24, 2.45) is 17.3 Å². The fourth-order valence-corrected chi connectivity index (χ4v) is 7.97. The Hall–Kier alpha value is -1.39. The molecule has 1 spiro atoms. The summed E-state index contributed by atoms with van der Waals surface area (Å²) in [5, 5.41) is 12.2. The van der Waals surface area contributed by atoms with E-state index in [4.69, 9.17) is 0 Å². The molecule has 3 atom stereocenters. The Morgan fingerprint density at radius 2 is 1.74 bits per heavy atom. The first-order chi connectivity index (χ1) is 16.5. The average molecular weight is 467 g/mol. The van der Waals surface area contributed by atoms with Crippen LogP contribution in [0.1, 0.15) is 95.5 Å². The summed E-state index contributed by atoms with van der Waals surface area (Å²) in [6, 6.07) is 10.9. The molecule has 2 saturated carbocycles. The summed E-state index contributed by atoms with van der Waals surface area (Å²) in [5.74, 6) is 1.79. The maximum atomic E-state index is 13.5. The number of β-amino-alcohol motifs (C(OH)–C–C–N with tert-alkyl or cyclic N) is 1. The molecule has 2 aliphatic carbocycles. The molecule has 4 fully saturated rings. The van der Waals surface area contributed by atoms with Crippen molar-refractivity contribution in [1.29, 1.82) is 0 Å². The molecule has 4 heteroatoms. The number of likely N-dealkylation sites (tertiary alicyclic amines) is 2. The van der Waals surface area contributed by atoms with Crippen LogP contribution in [0.5, 0.6) is 0 Å². The van der Waals surface area contributed by atoms with Gasteiger partial charge in [-0.1, -0.05) is 82.2 Å². The number of hydrogen-bond donors (Lipinski definition) is 1. The van der Waals surface area contributed by atoms with Gasteiger partial charge in [-0.3, -0.25) is 9.69 Å². The number of piperidine rings is 1. The quantitative estimate of drug-likeness (QED) is 0.593. The second kappa shape index (κ2) is 10.3. The molecular formula is C30H46N2O2. The van der Waals surface area contributed by atoms with Crippen LogP contribution in [0.15, 0.2) is 30.3 Å². The molecule has 34 heavy (non-hydrogen) atoms. The Kier molecular flexibility index (Phi) is 7.37. The Balaban J connectivity index is 1.22. The molecule has 1 unspecified atom stereocenters. The van der Waals surface area contributed by atoms with E-state index in [1.165, 1.54) is 56.9 Å². The smallest absolute Gasteiger partial charge is 0.225 e. The first-order valence-corrected chi connectivity index (χ1v) is 14.3. The summed E-state index contributed by atoms with van der Waals surface area (Å²) < 4.78 is 0. The van der Waals surface area contributed by atoms with Gasteiger partial charge in [-0.15, -0.1) is 0 Å². The molecule has 0 radical (unpaired) electrons. The lowest BCUT2D eigenvalue weighted by Gasteiger charge is -2.53. The fraction of sp³-hybridized carbons (Fsp3) is 0.767. The van der Waals surface area contributed by atoms with Gasteiger partial charge >= 0.3 is 0 Å². The third kappa shape index (κ3) is 4.95. The summed E-state index contributed by atoms with van der Waals surface area (Å²) in [6.45, 7) is 6.54. The molecule has 2 saturated heterocycles. The monoisotopic (exact) mass is 466 g/mol. The number of carbonyl (C=O) groups excluding carboxylic acids is 1. The third-order valence-electron chi connectivity index (χ3n) is 10.0. The van der Waals surface area contributed by atoms with Crippen LogP contribution in [0.2, 0.25) is 0 Å². The number of hydrogen-bond acceptors (Lipinski definition) is 3. The Labute approximate surface area is 207 Å². The Morgan fingerprint density at radius 1 is 1.00 bits per heavy atom. The Bertz CT molecular complexity index is 814. The molecular weight excluding hydrogens is 420 g/mol. The standard InChI is InChI=1S/C30H46N2O2/c1-24(20-25-10-4-2-5-11-25)28(33)32-19-17-30(34,29(22-32)15-8-9-16-29)23-31-18-14-27(21-31)26-12-6-3-7-13-26/h3,6-7,12-13,24-25,27,34H,2,4-5,8-11,14-23H2,1H3/t24-,27-,30?/m1/s1. The van der Waals surface area contributed by atoms with Crippen molar-refractivity contribution < 1.29 is 9.90 Å². The predicted molar refractivity (Wildman–Crippen MR) is 138 cm³/mol. The van der Waals surface area contributed by atoms with Crippen molar-refractivity contribution in [3.05, 3.63) is 35.9 Å². The van der Waals surface area contributed by atoms with Gasteiger partial charge in [0.1, 0.15) is 0 Å². The van der Waals surface area contributed by atoms with Gasteiger partial charge in [-0.25, -0.2) is 0 Å². The molecule has 1 amide bonds. The van der Waals surface area contributed by atoms with Gasteiger partial charge in [0.25, 0.3) is 0 Å². The molecule has 1 aromatic carbocycles. The summed E-state index contributed by atoms with van der Waals surface area (Å²) in [5.41, 5.74) is 0.648. The van der Waals surface area contributed by atoms with Gasteiger partial charge in [0.15, 0.2) is 0 Å². The average Bonchev–Trinajstić information content (AvgIpc) is 3.52. The van der Waals surface area contributed by atoms with E-state index < -0.39 is 5.60 Å². The highest BCUT2D eigenvalue weighted by Crippen LogP contribution is 2.52. The molecule has 4 aliphatic rings. The van der Waals surface area contributed by atoms with Crippen molar-refractivity contribution in [2.75, 3.05) is 32.7 Å². The van der Waals surface area contributed by atoms with Crippen molar-refractivity contribution in [3.63, 3.8) is 0 Å². The molecule has 1 aromatic rings. The van der Waals surface area contributed by atoms with Crippen molar-refractivity contribution >= 4 is 5.91 Å². The topological polar surface area (TPSA) is 43.8 Å². The molecule has 5 rings (SSSR count). The maximum Gasteiger partial charge on any atom is 0.225 e. The maximum absolute atomic E-state index is 13.5. The number of amides is 1. The van der Waals surface area contributed by atoms with Crippen LogP contribution in [-0.2, 0) is 4.79 Å².